The van der Waals surface area contributed by atoms with Crippen LogP contribution in [0.15, 0.2) is 41.5 Å². The molecule has 110 valence electrons. The largest absolute Gasteiger partial charge is 0.397 e. The SMILES string of the molecule is Nc1cc(NC(=O)CCCn2cccnc2=O)ccc1Cl. The third kappa shape index (κ3) is 4.32. The Hall–Kier alpha value is -2.34. The number of benzene rings is 1. The number of hydrogen-bond acceptors (Lipinski definition) is 4. The molecule has 0 aliphatic carbocycles. The quantitative estimate of drug-likeness (QED) is 0.826. The van der Waals surface area contributed by atoms with Crippen LogP contribution >= 0.6 is 11.6 Å². The molecule has 0 fully saturated rings. The molecule has 1 heterocycles. The number of nitrogens with one attached hydrogen (secondary N) is 1. The van der Waals surface area contributed by atoms with Gasteiger partial charge in [-0.2, -0.15) is 0 Å². The molecule has 0 bridgehead atoms. The highest BCUT2D eigenvalue weighted by atomic mass is 35.5. The Kier molecular flexibility index (Phi) is 4.94. The van der Waals surface area contributed by atoms with Gasteiger partial charge in [0, 0.05) is 31.0 Å². The number of nitrogens with two attached hydrogens (primary N) is 1. The number of amides is 1. The minimum absolute atomic E-state index is 0.145. The first-order valence-electron chi connectivity index (χ1n) is 6.42. The van der Waals surface area contributed by atoms with Crippen LogP contribution in [0.4, 0.5) is 11.4 Å². The highest BCUT2D eigenvalue weighted by molar-refractivity contribution is 6.33. The number of carbonyl (C=O) groups is 1. The van der Waals surface area contributed by atoms with Gasteiger partial charge in [-0.15, -0.1) is 0 Å². The summed E-state index contributed by atoms with van der Waals surface area (Å²) in [7, 11) is 0. The second-order valence-electron chi connectivity index (χ2n) is 4.48. The van der Waals surface area contributed by atoms with Crippen molar-refractivity contribution in [3.05, 3.63) is 52.2 Å². The van der Waals surface area contributed by atoms with Crippen LogP contribution in [0.5, 0.6) is 0 Å². The highest BCUT2D eigenvalue weighted by Gasteiger charge is 2.05. The molecular weight excluding hydrogens is 292 g/mol. The van der Waals surface area contributed by atoms with Crippen LogP contribution in [0.3, 0.4) is 0 Å². The predicted molar refractivity (Wildman–Crippen MR) is 82.2 cm³/mol. The summed E-state index contributed by atoms with van der Waals surface area (Å²) < 4.78 is 1.47. The van der Waals surface area contributed by atoms with Crippen LogP contribution < -0.4 is 16.7 Å². The maximum absolute atomic E-state index is 11.8. The van der Waals surface area contributed by atoms with Gasteiger partial charge in [-0.1, -0.05) is 11.6 Å². The molecule has 1 aromatic heterocycles. The summed E-state index contributed by atoms with van der Waals surface area (Å²) in [5.41, 5.74) is 6.36. The topological polar surface area (TPSA) is 90.0 Å². The van der Waals surface area contributed by atoms with E-state index in [-0.39, 0.29) is 11.6 Å². The summed E-state index contributed by atoms with van der Waals surface area (Å²) >= 11 is 5.81. The zero-order valence-corrected chi connectivity index (χ0v) is 12.0. The number of hydrogen-bond donors (Lipinski definition) is 2. The second-order valence-corrected chi connectivity index (χ2v) is 4.89. The van der Waals surface area contributed by atoms with Crippen molar-refractivity contribution in [2.24, 2.45) is 0 Å². The van der Waals surface area contributed by atoms with E-state index in [2.05, 4.69) is 10.3 Å². The Balaban J connectivity index is 1.84. The van der Waals surface area contributed by atoms with Gasteiger partial charge in [0.2, 0.25) is 5.91 Å². The molecule has 2 aromatic rings. The van der Waals surface area contributed by atoms with Crippen LogP contribution in [-0.4, -0.2) is 15.5 Å². The third-order valence-corrected chi connectivity index (χ3v) is 3.21. The monoisotopic (exact) mass is 306 g/mol. The van der Waals surface area contributed by atoms with E-state index in [9.17, 15) is 9.59 Å². The van der Waals surface area contributed by atoms with E-state index in [1.165, 1.54) is 10.8 Å². The predicted octanol–water partition coefficient (Wildman–Crippen LogP) is 1.90. The molecule has 1 amide bonds. The Morgan fingerprint density at radius 2 is 2.24 bits per heavy atom. The maximum atomic E-state index is 11.8. The summed E-state index contributed by atoms with van der Waals surface area (Å²) in [6.07, 6.45) is 3.92. The van der Waals surface area contributed by atoms with Crippen LogP contribution in [-0.2, 0) is 11.3 Å². The molecule has 1 aromatic carbocycles. The van der Waals surface area contributed by atoms with Crippen LogP contribution in [0.2, 0.25) is 5.02 Å². The molecule has 7 heteroatoms. The van der Waals surface area contributed by atoms with E-state index in [1.807, 2.05) is 0 Å². The lowest BCUT2D eigenvalue weighted by atomic mass is 10.2. The molecule has 0 saturated heterocycles. The number of carbonyl (C=O) groups excluding carboxylic acids is 1. The Bertz CT molecular complexity index is 699. The van der Waals surface area contributed by atoms with Gasteiger partial charge >= 0.3 is 5.69 Å². The molecule has 0 atom stereocenters. The molecule has 0 aliphatic heterocycles. The summed E-state index contributed by atoms with van der Waals surface area (Å²) in [6, 6.07) is 6.59. The van der Waals surface area contributed by atoms with Gasteiger partial charge < -0.3 is 11.1 Å². The van der Waals surface area contributed by atoms with Crippen LogP contribution in [0.1, 0.15) is 12.8 Å². The average Bonchev–Trinajstić information content (AvgIpc) is 2.45. The summed E-state index contributed by atoms with van der Waals surface area (Å²) in [5, 5.41) is 3.18. The molecule has 21 heavy (non-hydrogen) atoms. The minimum atomic E-state index is -0.316. The number of halogens is 1. The van der Waals surface area contributed by atoms with E-state index in [0.29, 0.717) is 35.8 Å². The van der Waals surface area contributed by atoms with Crippen molar-refractivity contribution in [3.63, 3.8) is 0 Å². The normalized spacial score (nSPS) is 10.3. The molecular formula is C14H15ClN4O2. The van der Waals surface area contributed by atoms with E-state index >= 15 is 0 Å². The highest BCUT2D eigenvalue weighted by Crippen LogP contribution is 2.22. The Morgan fingerprint density at radius 1 is 1.43 bits per heavy atom. The maximum Gasteiger partial charge on any atom is 0.347 e. The van der Waals surface area contributed by atoms with Gasteiger partial charge in [0.05, 0.1) is 10.7 Å². The molecule has 0 saturated carbocycles. The zero-order valence-electron chi connectivity index (χ0n) is 11.3. The van der Waals surface area contributed by atoms with Crippen molar-refractivity contribution in [1.82, 2.24) is 9.55 Å². The van der Waals surface area contributed by atoms with Gasteiger partial charge in [0.1, 0.15) is 0 Å². The number of rotatable bonds is 5. The van der Waals surface area contributed by atoms with Crippen LogP contribution in [0, 0.1) is 0 Å². The van der Waals surface area contributed by atoms with Crippen molar-refractivity contribution < 1.29 is 4.79 Å². The number of nitrogens with zero attached hydrogens (tertiary/aromatic N) is 2. The zero-order chi connectivity index (χ0) is 15.2. The lowest BCUT2D eigenvalue weighted by molar-refractivity contribution is -0.116. The Labute approximate surface area is 126 Å². The fraction of sp³-hybridized carbons (Fsp3) is 0.214. The van der Waals surface area contributed by atoms with E-state index < -0.39 is 0 Å². The molecule has 0 aliphatic rings. The lowest BCUT2D eigenvalue weighted by Gasteiger charge is -2.07. The first-order chi connectivity index (χ1) is 10.1. The van der Waals surface area contributed by atoms with E-state index in [0.717, 1.165) is 0 Å². The molecule has 0 radical (unpaired) electrons. The summed E-state index contributed by atoms with van der Waals surface area (Å²) in [5.74, 6) is -0.145. The average molecular weight is 307 g/mol. The standard InChI is InChI=1S/C14H15ClN4O2/c15-11-5-4-10(9-12(11)16)18-13(20)3-1-7-19-8-2-6-17-14(19)21/h2,4-6,8-9H,1,3,7,16H2,(H,18,20). The van der Waals surface area contributed by atoms with Gasteiger partial charge in [-0.05, 0) is 30.7 Å². The number of aryl methyl sites for hydroxylation is 1. The van der Waals surface area contributed by atoms with Crippen molar-refractivity contribution >= 4 is 28.9 Å². The summed E-state index contributed by atoms with van der Waals surface area (Å²) in [6.45, 7) is 0.447. The first-order valence-corrected chi connectivity index (χ1v) is 6.80. The summed E-state index contributed by atoms with van der Waals surface area (Å²) in [4.78, 5) is 26.8. The lowest BCUT2D eigenvalue weighted by Crippen LogP contribution is -2.22. The van der Waals surface area contributed by atoms with E-state index in [1.54, 1.807) is 30.5 Å². The van der Waals surface area contributed by atoms with Gasteiger partial charge in [0.25, 0.3) is 0 Å². The molecule has 6 nitrogen and oxygen atoms in total. The fourth-order valence-electron chi connectivity index (χ4n) is 1.81. The molecule has 3 N–H and O–H groups in total. The Morgan fingerprint density at radius 3 is 2.95 bits per heavy atom. The first kappa shape index (κ1) is 15.1. The molecule has 2 rings (SSSR count). The number of nitrogen functional groups attached to an aromatic ring is 1. The minimum Gasteiger partial charge on any atom is -0.397 e. The molecule has 0 unspecified atom stereocenters. The second kappa shape index (κ2) is 6.90. The van der Waals surface area contributed by atoms with E-state index in [4.69, 9.17) is 17.3 Å². The van der Waals surface area contributed by atoms with Gasteiger partial charge in [-0.3, -0.25) is 9.36 Å². The van der Waals surface area contributed by atoms with Crippen molar-refractivity contribution in [2.45, 2.75) is 19.4 Å². The number of aromatic nitrogens is 2. The fourth-order valence-corrected chi connectivity index (χ4v) is 1.93. The number of anilines is 2. The smallest absolute Gasteiger partial charge is 0.347 e. The van der Waals surface area contributed by atoms with Crippen molar-refractivity contribution in [3.8, 4) is 0 Å². The van der Waals surface area contributed by atoms with Crippen LogP contribution in [0.25, 0.3) is 0 Å². The van der Waals surface area contributed by atoms with Gasteiger partial charge in [-0.25, -0.2) is 9.78 Å². The molecule has 0 spiro atoms. The van der Waals surface area contributed by atoms with Crippen molar-refractivity contribution in [2.75, 3.05) is 11.1 Å². The third-order valence-electron chi connectivity index (χ3n) is 2.87. The van der Waals surface area contributed by atoms with Crippen molar-refractivity contribution in [1.29, 1.82) is 0 Å². The van der Waals surface area contributed by atoms with Gasteiger partial charge in [0.15, 0.2) is 0 Å².